The van der Waals surface area contributed by atoms with E-state index in [4.69, 9.17) is 10.9 Å². The summed E-state index contributed by atoms with van der Waals surface area (Å²) in [4.78, 5) is 2.33. The van der Waals surface area contributed by atoms with Gasteiger partial charge in [-0.2, -0.15) is 0 Å². The highest BCUT2D eigenvalue weighted by Gasteiger charge is 2.22. The molecule has 1 heterocycles. The molecule has 1 atom stereocenters. The Balaban J connectivity index is 2.16. The highest BCUT2D eigenvalue weighted by molar-refractivity contribution is 5.98. The first-order valence-corrected chi connectivity index (χ1v) is 6.62. The Hall–Kier alpha value is -1.62. The maximum atomic E-state index is 13.3. The number of hydrogen-bond acceptors (Lipinski definition) is 3. The molecule has 1 fully saturated rings. The van der Waals surface area contributed by atoms with E-state index in [1.165, 1.54) is 25.0 Å². The van der Waals surface area contributed by atoms with E-state index in [1.807, 2.05) is 0 Å². The molecule has 1 unspecified atom stereocenters. The summed E-state index contributed by atoms with van der Waals surface area (Å²) in [7, 11) is 0. The van der Waals surface area contributed by atoms with Crippen LogP contribution in [0.3, 0.4) is 0 Å². The molecule has 4 nitrogen and oxygen atoms in total. The maximum Gasteiger partial charge on any atom is 0.170 e. The van der Waals surface area contributed by atoms with Crippen LogP contribution < -0.4 is 5.73 Å². The highest BCUT2D eigenvalue weighted by atomic mass is 19.1. The van der Waals surface area contributed by atoms with Gasteiger partial charge in [0.2, 0.25) is 0 Å². The van der Waals surface area contributed by atoms with Crippen molar-refractivity contribution in [2.24, 2.45) is 16.8 Å². The van der Waals surface area contributed by atoms with Gasteiger partial charge in [0.25, 0.3) is 0 Å². The van der Waals surface area contributed by atoms with Crippen LogP contribution in [0.2, 0.25) is 0 Å². The number of likely N-dealkylation sites (tertiary alicyclic amines) is 1. The Morgan fingerprint density at radius 2 is 2.37 bits per heavy atom. The quantitative estimate of drug-likeness (QED) is 0.379. The first kappa shape index (κ1) is 13.8. The Kier molecular flexibility index (Phi) is 4.37. The number of benzene rings is 1. The van der Waals surface area contributed by atoms with Gasteiger partial charge < -0.3 is 10.9 Å². The van der Waals surface area contributed by atoms with Crippen LogP contribution in [0.15, 0.2) is 23.4 Å². The smallest absolute Gasteiger partial charge is 0.170 e. The van der Waals surface area contributed by atoms with E-state index in [-0.39, 0.29) is 11.7 Å². The number of nitrogens with zero attached hydrogens (tertiary/aromatic N) is 2. The van der Waals surface area contributed by atoms with Crippen LogP contribution in [-0.4, -0.2) is 29.0 Å². The van der Waals surface area contributed by atoms with Gasteiger partial charge in [0.15, 0.2) is 5.84 Å². The minimum absolute atomic E-state index is 0.0410. The van der Waals surface area contributed by atoms with E-state index in [0.717, 1.165) is 24.6 Å². The molecule has 1 saturated heterocycles. The maximum absolute atomic E-state index is 13.3. The van der Waals surface area contributed by atoms with Gasteiger partial charge in [0.05, 0.1) is 0 Å². The van der Waals surface area contributed by atoms with E-state index in [1.54, 1.807) is 6.07 Å². The molecule has 1 aromatic carbocycles. The summed E-state index contributed by atoms with van der Waals surface area (Å²) >= 11 is 0. The van der Waals surface area contributed by atoms with E-state index in [9.17, 15) is 4.39 Å². The molecule has 104 valence electrons. The highest BCUT2D eigenvalue weighted by Crippen LogP contribution is 2.22. The fourth-order valence-corrected chi connectivity index (χ4v) is 2.61. The van der Waals surface area contributed by atoms with Crippen molar-refractivity contribution in [2.45, 2.75) is 26.3 Å². The van der Waals surface area contributed by atoms with Crippen molar-refractivity contribution in [2.75, 3.05) is 13.1 Å². The van der Waals surface area contributed by atoms with Crippen molar-refractivity contribution in [1.29, 1.82) is 0 Å². The molecular formula is C14H20FN3O. The molecule has 3 N–H and O–H groups in total. The van der Waals surface area contributed by atoms with Crippen molar-refractivity contribution in [1.82, 2.24) is 4.90 Å². The van der Waals surface area contributed by atoms with Crippen molar-refractivity contribution in [3.8, 4) is 0 Å². The Labute approximate surface area is 112 Å². The molecule has 5 heteroatoms. The first-order valence-electron chi connectivity index (χ1n) is 6.62. The molecule has 19 heavy (non-hydrogen) atoms. The summed E-state index contributed by atoms with van der Waals surface area (Å²) in [5.41, 5.74) is 6.98. The average molecular weight is 265 g/mol. The lowest BCUT2D eigenvalue weighted by atomic mass is 10.1. The topological polar surface area (TPSA) is 61.8 Å². The summed E-state index contributed by atoms with van der Waals surface area (Å²) in [6.07, 6.45) is 2.39. The third-order valence-electron chi connectivity index (χ3n) is 3.80. The summed E-state index contributed by atoms with van der Waals surface area (Å²) in [6.45, 7) is 5.02. The average Bonchev–Trinajstić information content (AvgIpc) is 2.87. The molecule has 0 saturated carbocycles. The van der Waals surface area contributed by atoms with Crippen molar-refractivity contribution < 1.29 is 9.60 Å². The molecule has 0 spiro atoms. The standard InChI is InChI=1S/C14H20FN3O/c1-2-10-5-6-18(8-10)9-11-3-4-12(15)7-13(11)14(16)17-19/h3-4,7,10,19H,2,5-6,8-9H2,1H3,(H2,16,17). The SMILES string of the molecule is CCC1CCN(Cc2ccc(F)cc2/C(N)=N/O)C1. The lowest BCUT2D eigenvalue weighted by Crippen LogP contribution is -2.23. The predicted molar refractivity (Wildman–Crippen MR) is 72.6 cm³/mol. The third-order valence-corrected chi connectivity index (χ3v) is 3.80. The largest absolute Gasteiger partial charge is 0.409 e. The van der Waals surface area contributed by atoms with Gasteiger partial charge in [-0.15, -0.1) is 0 Å². The number of nitrogens with two attached hydrogens (primary N) is 1. The van der Waals surface area contributed by atoms with E-state index >= 15 is 0 Å². The fourth-order valence-electron chi connectivity index (χ4n) is 2.61. The lowest BCUT2D eigenvalue weighted by molar-refractivity contribution is 0.313. The lowest BCUT2D eigenvalue weighted by Gasteiger charge is -2.18. The molecular weight excluding hydrogens is 245 g/mol. The Morgan fingerprint density at radius 3 is 3.00 bits per heavy atom. The van der Waals surface area contributed by atoms with Gasteiger partial charge in [-0.25, -0.2) is 4.39 Å². The van der Waals surface area contributed by atoms with Crippen LogP contribution in [-0.2, 0) is 6.54 Å². The predicted octanol–water partition coefficient (Wildman–Crippen LogP) is 2.15. The summed E-state index contributed by atoms with van der Waals surface area (Å²) in [6, 6.07) is 4.44. The second-order valence-electron chi connectivity index (χ2n) is 5.08. The van der Waals surface area contributed by atoms with Crippen LogP contribution in [0, 0.1) is 11.7 Å². The number of rotatable bonds is 4. The molecule has 1 aromatic rings. The molecule has 0 amide bonds. The molecule has 0 radical (unpaired) electrons. The van der Waals surface area contributed by atoms with Crippen molar-refractivity contribution in [3.63, 3.8) is 0 Å². The minimum atomic E-state index is -0.377. The van der Waals surface area contributed by atoms with Gasteiger partial charge in [-0.1, -0.05) is 24.6 Å². The molecule has 1 aliphatic rings. The molecule has 1 aliphatic heterocycles. The number of hydrogen-bond donors (Lipinski definition) is 2. The van der Waals surface area contributed by atoms with Gasteiger partial charge in [0, 0.05) is 18.7 Å². The summed E-state index contributed by atoms with van der Waals surface area (Å²) in [5.74, 6) is 0.326. The molecule has 0 bridgehead atoms. The Morgan fingerprint density at radius 1 is 1.58 bits per heavy atom. The van der Waals surface area contributed by atoms with Gasteiger partial charge in [-0.3, -0.25) is 4.90 Å². The van der Waals surface area contributed by atoms with Crippen LogP contribution in [0.1, 0.15) is 30.9 Å². The molecule has 2 rings (SSSR count). The number of halogens is 1. The fraction of sp³-hybridized carbons (Fsp3) is 0.500. The molecule has 0 aliphatic carbocycles. The zero-order valence-electron chi connectivity index (χ0n) is 11.1. The second kappa shape index (κ2) is 6.02. The van der Waals surface area contributed by atoms with Gasteiger partial charge in [0.1, 0.15) is 5.82 Å². The third kappa shape index (κ3) is 3.23. The van der Waals surface area contributed by atoms with E-state index < -0.39 is 0 Å². The van der Waals surface area contributed by atoms with Gasteiger partial charge >= 0.3 is 0 Å². The second-order valence-corrected chi connectivity index (χ2v) is 5.08. The zero-order chi connectivity index (χ0) is 13.8. The zero-order valence-corrected chi connectivity index (χ0v) is 11.1. The summed E-state index contributed by atoms with van der Waals surface area (Å²) < 4.78 is 13.3. The number of oxime groups is 1. The van der Waals surface area contributed by atoms with Crippen molar-refractivity contribution in [3.05, 3.63) is 35.1 Å². The van der Waals surface area contributed by atoms with Crippen LogP contribution >= 0.6 is 0 Å². The van der Waals surface area contributed by atoms with E-state index in [0.29, 0.717) is 12.1 Å². The minimum Gasteiger partial charge on any atom is -0.409 e. The van der Waals surface area contributed by atoms with Crippen LogP contribution in [0.4, 0.5) is 4.39 Å². The van der Waals surface area contributed by atoms with Crippen LogP contribution in [0.5, 0.6) is 0 Å². The Bertz CT molecular complexity index is 476. The van der Waals surface area contributed by atoms with Crippen LogP contribution in [0.25, 0.3) is 0 Å². The first-order chi connectivity index (χ1) is 9.13. The van der Waals surface area contributed by atoms with Crippen molar-refractivity contribution >= 4 is 5.84 Å². The van der Waals surface area contributed by atoms with E-state index in [2.05, 4.69) is 17.0 Å². The summed E-state index contributed by atoms with van der Waals surface area (Å²) in [5, 5.41) is 11.7. The monoisotopic (exact) mass is 265 g/mol. The molecule has 0 aromatic heterocycles. The normalized spacial score (nSPS) is 20.9. The number of amidine groups is 1. The van der Waals surface area contributed by atoms with Gasteiger partial charge in [-0.05, 0) is 36.6 Å².